The summed E-state index contributed by atoms with van der Waals surface area (Å²) in [5.41, 5.74) is 6.80. The number of benzene rings is 2. The Hall–Kier alpha value is -3.37. The van der Waals surface area contributed by atoms with Gasteiger partial charge in [-0.05, 0) is 29.8 Å². The highest BCUT2D eigenvalue weighted by Crippen LogP contribution is 2.43. The van der Waals surface area contributed by atoms with Gasteiger partial charge in [0.15, 0.2) is 0 Å². The summed E-state index contributed by atoms with van der Waals surface area (Å²) in [4.78, 5) is 11.3. The lowest BCUT2D eigenvalue weighted by Gasteiger charge is -2.20. The van der Waals surface area contributed by atoms with Crippen LogP contribution in [-0.2, 0) is 6.54 Å². The van der Waals surface area contributed by atoms with Crippen LogP contribution in [0.5, 0.6) is 5.88 Å². The third-order valence-corrected chi connectivity index (χ3v) is 8.18. The van der Waals surface area contributed by atoms with E-state index in [0.717, 1.165) is 33.5 Å². The normalized spacial score (nSPS) is 11.3. The summed E-state index contributed by atoms with van der Waals surface area (Å²) in [5, 5.41) is 23.1. The molecule has 42 heavy (non-hydrogen) atoms. The molecule has 0 aliphatic carbocycles. The van der Waals surface area contributed by atoms with Crippen molar-refractivity contribution in [1.29, 1.82) is 0 Å². The second-order valence-corrected chi connectivity index (χ2v) is 10.7. The number of fused-ring (bicyclic) bond motifs is 1. The number of pyridine rings is 2. The molecular weight excluding hydrogens is 597 g/mol. The number of anilines is 1. The number of aliphatic hydroxyl groups excluding tert-OH is 2. The zero-order valence-electron chi connectivity index (χ0n) is 23.1. The quantitative estimate of drug-likeness (QED) is 0.150. The molecule has 0 radical (unpaired) electrons. The van der Waals surface area contributed by atoms with Gasteiger partial charge in [0.1, 0.15) is 10.8 Å². The molecule has 5 rings (SSSR count). The van der Waals surface area contributed by atoms with Gasteiger partial charge in [0.05, 0.1) is 47.4 Å². The fourth-order valence-electron chi connectivity index (χ4n) is 4.82. The highest BCUT2D eigenvalue weighted by Gasteiger charge is 2.19. The number of nitrogens with zero attached hydrogens (tertiary/aromatic N) is 4. The van der Waals surface area contributed by atoms with Crippen molar-refractivity contribution in [3.63, 3.8) is 0 Å². The van der Waals surface area contributed by atoms with Gasteiger partial charge in [-0.15, -0.1) is 0 Å². The molecule has 0 atom stereocenters. The molecule has 218 valence electrons. The number of likely N-dealkylation sites (N-methyl/N-ethyl adjacent to an activating group) is 1. The van der Waals surface area contributed by atoms with E-state index in [0.29, 0.717) is 57.7 Å². The van der Waals surface area contributed by atoms with Crippen molar-refractivity contribution < 1.29 is 14.9 Å². The van der Waals surface area contributed by atoms with E-state index in [4.69, 9.17) is 49.6 Å². The number of hydrogen-bond donors (Lipinski definition) is 3. The van der Waals surface area contributed by atoms with Crippen LogP contribution in [0.15, 0.2) is 66.9 Å². The summed E-state index contributed by atoms with van der Waals surface area (Å²) in [7, 11) is 3.43. The van der Waals surface area contributed by atoms with E-state index in [-0.39, 0.29) is 13.2 Å². The minimum Gasteiger partial charge on any atom is -0.480 e. The van der Waals surface area contributed by atoms with Crippen molar-refractivity contribution in [2.45, 2.75) is 6.54 Å². The molecule has 0 saturated heterocycles. The van der Waals surface area contributed by atoms with Crippen LogP contribution >= 0.6 is 34.8 Å². The molecule has 0 bridgehead atoms. The largest absolute Gasteiger partial charge is 0.480 e. The van der Waals surface area contributed by atoms with E-state index < -0.39 is 0 Å². The smallest absolute Gasteiger partial charge is 0.237 e. The number of ether oxygens (including phenoxy) is 1. The first-order chi connectivity index (χ1) is 20.4. The van der Waals surface area contributed by atoms with Gasteiger partial charge in [-0.2, -0.15) is 0 Å². The van der Waals surface area contributed by atoms with Crippen molar-refractivity contribution in [2.24, 2.45) is 0 Å². The van der Waals surface area contributed by atoms with Crippen molar-refractivity contribution >= 4 is 46.1 Å². The standard InChI is InChI=1S/C31H30Cl3N5O3/c1-38(14-16-41)26-10-9-24(37-31(26)42-2)23-8-4-7-22(29(23)33)21-6-3-5-20(28(21)32)19-11-13-39-27(17-19)36-25(30(39)34)18-35-12-15-40/h3-11,13,17,35,40-41H,12,14-16,18H2,1-2H3. The molecule has 3 aromatic heterocycles. The zero-order chi connectivity index (χ0) is 29.8. The molecule has 0 fully saturated rings. The fraction of sp³-hybridized carbons (Fsp3) is 0.226. The number of imidazole rings is 1. The van der Waals surface area contributed by atoms with Crippen LogP contribution in [0.1, 0.15) is 5.69 Å². The van der Waals surface area contributed by atoms with Gasteiger partial charge in [-0.25, -0.2) is 9.97 Å². The molecule has 0 aliphatic rings. The molecule has 0 spiro atoms. The highest BCUT2D eigenvalue weighted by molar-refractivity contribution is 6.39. The maximum Gasteiger partial charge on any atom is 0.237 e. The molecular formula is C31H30Cl3N5O3. The average Bonchev–Trinajstić information content (AvgIpc) is 3.31. The summed E-state index contributed by atoms with van der Waals surface area (Å²) < 4.78 is 7.36. The Morgan fingerprint density at radius 3 is 2.26 bits per heavy atom. The van der Waals surface area contributed by atoms with Crippen LogP contribution in [0.2, 0.25) is 15.2 Å². The number of hydrogen-bond acceptors (Lipinski definition) is 7. The van der Waals surface area contributed by atoms with E-state index in [2.05, 4.69) is 10.3 Å². The maximum atomic E-state index is 9.33. The van der Waals surface area contributed by atoms with E-state index in [1.165, 1.54) is 0 Å². The molecule has 0 saturated carbocycles. The van der Waals surface area contributed by atoms with Crippen molar-refractivity contribution in [3.05, 3.63) is 87.8 Å². The van der Waals surface area contributed by atoms with Gasteiger partial charge in [0.25, 0.3) is 0 Å². The van der Waals surface area contributed by atoms with E-state index in [9.17, 15) is 5.11 Å². The minimum atomic E-state index is 0.0166. The fourth-order valence-corrected chi connectivity index (χ4v) is 5.74. The van der Waals surface area contributed by atoms with Crippen LogP contribution in [0.4, 0.5) is 5.69 Å². The van der Waals surface area contributed by atoms with Crippen LogP contribution in [-0.4, -0.2) is 65.0 Å². The van der Waals surface area contributed by atoms with Crippen LogP contribution < -0.4 is 15.0 Å². The number of rotatable bonds is 11. The summed E-state index contributed by atoms with van der Waals surface area (Å²) in [6.07, 6.45) is 1.87. The van der Waals surface area contributed by atoms with Gasteiger partial charge >= 0.3 is 0 Å². The number of aliphatic hydroxyl groups is 2. The Morgan fingerprint density at radius 1 is 0.881 bits per heavy atom. The van der Waals surface area contributed by atoms with Gasteiger partial charge in [0.2, 0.25) is 5.88 Å². The van der Waals surface area contributed by atoms with Crippen molar-refractivity contribution in [1.82, 2.24) is 19.7 Å². The Labute approximate surface area is 259 Å². The molecule has 5 aromatic rings. The van der Waals surface area contributed by atoms with Gasteiger partial charge in [-0.3, -0.25) is 4.40 Å². The minimum absolute atomic E-state index is 0.0166. The third-order valence-electron chi connectivity index (χ3n) is 6.97. The van der Waals surface area contributed by atoms with Crippen LogP contribution in [0.25, 0.3) is 39.2 Å². The topological polar surface area (TPSA) is 95.2 Å². The summed E-state index contributed by atoms with van der Waals surface area (Å²) >= 11 is 20.6. The monoisotopic (exact) mass is 625 g/mol. The number of halogens is 3. The highest BCUT2D eigenvalue weighted by atomic mass is 35.5. The SMILES string of the molecule is COc1nc(-c2cccc(-c3cccc(-c4ccn5c(Cl)c(CNCCO)nc5c4)c3Cl)c2Cl)ccc1N(C)CCO. The van der Waals surface area contributed by atoms with Gasteiger partial charge < -0.3 is 25.2 Å². The first-order valence-electron chi connectivity index (χ1n) is 13.3. The zero-order valence-corrected chi connectivity index (χ0v) is 25.4. The number of aromatic nitrogens is 3. The summed E-state index contributed by atoms with van der Waals surface area (Å²) in [5.74, 6) is 0.437. The molecule has 11 heteroatoms. The van der Waals surface area contributed by atoms with Gasteiger partial charge in [-0.1, -0.05) is 71.2 Å². The Bertz CT molecular complexity index is 1730. The molecule has 3 heterocycles. The summed E-state index contributed by atoms with van der Waals surface area (Å²) in [6.45, 7) is 1.41. The summed E-state index contributed by atoms with van der Waals surface area (Å²) in [6, 6.07) is 19.3. The van der Waals surface area contributed by atoms with Gasteiger partial charge in [0, 0.05) is 55.1 Å². The predicted octanol–water partition coefficient (Wildman–Crippen LogP) is 6.21. The first kappa shape index (κ1) is 30.1. The Kier molecular flexibility index (Phi) is 9.53. The molecule has 3 N–H and O–H groups in total. The third kappa shape index (κ3) is 5.92. The molecule has 0 aliphatic heterocycles. The number of nitrogens with one attached hydrogen (secondary N) is 1. The van der Waals surface area contributed by atoms with Crippen molar-refractivity contribution in [2.75, 3.05) is 45.4 Å². The first-order valence-corrected chi connectivity index (χ1v) is 14.4. The van der Waals surface area contributed by atoms with Crippen LogP contribution in [0.3, 0.4) is 0 Å². The van der Waals surface area contributed by atoms with Crippen molar-refractivity contribution in [3.8, 4) is 39.4 Å². The second-order valence-electron chi connectivity index (χ2n) is 9.60. The van der Waals surface area contributed by atoms with Crippen LogP contribution in [0, 0.1) is 0 Å². The lowest BCUT2D eigenvalue weighted by atomic mass is 9.97. The van der Waals surface area contributed by atoms with E-state index in [1.807, 2.05) is 83.2 Å². The van der Waals surface area contributed by atoms with E-state index in [1.54, 1.807) is 7.11 Å². The van der Waals surface area contributed by atoms with E-state index >= 15 is 0 Å². The predicted molar refractivity (Wildman–Crippen MR) is 170 cm³/mol. The Balaban J connectivity index is 1.52. The lowest BCUT2D eigenvalue weighted by Crippen LogP contribution is -2.22. The molecule has 8 nitrogen and oxygen atoms in total. The maximum absolute atomic E-state index is 9.33. The Morgan fingerprint density at radius 2 is 1.57 bits per heavy atom. The molecule has 2 aromatic carbocycles. The second kappa shape index (κ2) is 13.3. The number of methoxy groups -OCH3 is 1. The lowest BCUT2D eigenvalue weighted by molar-refractivity contribution is 0.291. The molecule has 0 amide bonds. The average molecular weight is 627 g/mol. The molecule has 0 unspecified atom stereocenters.